The molecule has 1 heteroatoms. The van der Waals surface area contributed by atoms with Crippen LogP contribution < -0.4 is 0 Å². The second-order valence-electron chi connectivity index (χ2n) is 4.17. The maximum absolute atomic E-state index is 5.75. The van der Waals surface area contributed by atoms with Crippen molar-refractivity contribution in [3.63, 3.8) is 0 Å². The Balaban J connectivity index is 2.13. The molecule has 1 saturated heterocycles. The van der Waals surface area contributed by atoms with Crippen LogP contribution in [0.4, 0.5) is 0 Å². The fourth-order valence-corrected chi connectivity index (χ4v) is 2.08. The van der Waals surface area contributed by atoms with E-state index < -0.39 is 0 Å². The Labute approximate surface area is 68.4 Å². The van der Waals surface area contributed by atoms with Crippen molar-refractivity contribution in [2.75, 3.05) is 0 Å². The van der Waals surface area contributed by atoms with E-state index in [1.807, 2.05) is 0 Å². The van der Waals surface area contributed by atoms with E-state index in [4.69, 9.17) is 4.74 Å². The van der Waals surface area contributed by atoms with E-state index in [1.165, 1.54) is 5.57 Å². The van der Waals surface area contributed by atoms with Gasteiger partial charge in [-0.15, -0.1) is 0 Å². The molecule has 0 N–H and O–H groups in total. The molecule has 1 aliphatic carbocycles. The van der Waals surface area contributed by atoms with Crippen molar-refractivity contribution in [1.82, 2.24) is 0 Å². The van der Waals surface area contributed by atoms with Crippen LogP contribution in [0.5, 0.6) is 0 Å². The van der Waals surface area contributed by atoms with Gasteiger partial charge in [-0.3, -0.25) is 0 Å². The molecule has 0 aromatic rings. The van der Waals surface area contributed by atoms with Gasteiger partial charge >= 0.3 is 0 Å². The molecular weight excluding hydrogens is 136 g/mol. The summed E-state index contributed by atoms with van der Waals surface area (Å²) in [6.07, 6.45) is 5.19. The van der Waals surface area contributed by atoms with Gasteiger partial charge in [0.05, 0.1) is 6.10 Å². The molecule has 2 rings (SSSR count). The molecule has 11 heavy (non-hydrogen) atoms. The third kappa shape index (κ3) is 0.943. The van der Waals surface area contributed by atoms with Gasteiger partial charge in [-0.25, -0.2) is 0 Å². The minimum Gasteiger partial charge on any atom is -0.365 e. The maximum atomic E-state index is 5.75. The highest BCUT2D eigenvalue weighted by Crippen LogP contribution is 2.51. The summed E-state index contributed by atoms with van der Waals surface area (Å²) in [4.78, 5) is 0. The van der Waals surface area contributed by atoms with Crippen molar-refractivity contribution in [2.24, 2.45) is 5.92 Å². The quantitative estimate of drug-likeness (QED) is 0.415. The molecule has 1 aliphatic heterocycles. The minimum absolute atomic E-state index is 0.250. The average molecular weight is 152 g/mol. The van der Waals surface area contributed by atoms with E-state index in [-0.39, 0.29) is 5.60 Å². The summed E-state index contributed by atoms with van der Waals surface area (Å²) >= 11 is 0. The molecule has 0 bridgehead atoms. The normalized spacial score (nSPS) is 41.8. The van der Waals surface area contributed by atoms with Crippen LogP contribution in [-0.4, -0.2) is 11.7 Å². The lowest BCUT2D eigenvalue weighted by Crippen LogP contribution is -2.24. The Morgan fingerprint density at radius 3 is 2.91 bits per heavy atom. The summed E-state index contributed by atoms with van der Waals surface area (Å²) in [7, 11) is 0. The summed E-state index contributed by atoms with van der Waals surface area (Å²) in [5.74, 6) is 0.678. The predicted molar refractivity (Wildman–Crippen MR) is 45.4 cm³/mol. The first-order valence-corrected chi connectivity index (χ1v) is 4.48. The fraction of sp³-hybridized carbons (Fsp3) is 0.800. The van der Waals surface area contributed by atoms with Gasteiger partial charge in [0.25, 0.3) is 0 Å². The number of hydrogen-bond acceptors (Lipinski definition) is 1. The molecular formula is C10H16O. The van der Waals surface area contributed by atoms with Crippen molar-refractivity contribution in [3.8, 4) is 0 Å². The molecule has 2 atom stereocenters. The lowest BCUT2D eigenvalue weighted by Gasteiger charge is -2.18. The average Bonchev–Trinajstić information content (AvgIpc) is 2.62. The molecule has 0 saturated carbocycles. The zero-order valence-electron chi connectivity index (χ0n) is 7.55. The zero-order chi connectivity index (χ0) is 8.06. The van der Waals surface area contributed by atoms with Crippen molar-refractivity contribution >= 4 is 0 Å². The molecule has 0 spiro atoms. The van der Waals surface area contributed by atoms with Crippen LogP contribution in [0.25, 0.3) is 0 Å². The Morgan fingerprint density at radius 1 is 1.64 bits per heavy atom. The van der Waals surface area contributed by atoms with E-state index in [1.54, 1.807) is 0 Å². The standard InChI is InChI=1S/C10H16O/c1-7(2)10-5-4-8(3)6-9(10)11-10/h4,7,9H,5-6H2,1-3H3. The van der Waals surface area contributed by atoms with Crippen molar-refractivity contribution in [3.05, 3.63) is 11.6 Å². The van der Waals surface area contributed by atoms with Crippen LogP contribution in [0.3, 0.4) is 0 Å². The predicted octanol–water partition coefficient (Wildman–Crippen LogP) is 2.52. The van der Waals surface area contributed by atoms with Gasteiger partial charge in [0.1, 0.15) is 5.60 Å². The number of hydrogen-bond donors (Lipinski definition) is 0. The minimum atomic E-state index is 0.250. The summed E-state index contributed by atoms with van der Waals surface area (Å²) in [5.41, 5.74) is 1.75. The first-order chi connectivity index (χ1) is 5.15. The number of fused-ring (bicyclic) bond motifs is 1. The van der Waals surface area contributed by atoms with E-state index in [2.05, 4.69) is 26.8 Å². The largest absolute Gasteiger partial charge is 0.365 e. The topological polar surface area (TPSA) is 12.5 Å². The molecule has 1 nitrogen and oxygen atoms in total. The van der Waals surface area contributed by atoms with E-state index in [9.17, 15) is 0 Å². The summed E-state index contributed by atoms with van der Waals surface area (Å²) < 4.78 is 5.75. The second kappa shape index (κ2) is 2.10. The van der Waals surface area contributed by atoms with Crippen molar-refractivity contribution in [2.45, 2.75) is 45.3 Å². The summed E-state index contributed by atoms with van der Waals surface area (Å²) in [6, 6.07) is 0. The van der Waals surface area contributed by atoms with Crippen LogP contribution in [0.1, 0.15) is 33.6 Å². The molecule has 62 valence electrons. The van der Waals surface area contributed by atoms with E-state index >= 15 is 0 Å². The van der Waals surface area contributed by atoms with Gasteiger partial charge in [0, 0.05) is 0 Å². The van der Waals surface area contributed by atoms with Gasteiger partial charge in [-0.2, -0.15) is 0 Å². The van der Waals surface area contributed by atoms with Gasteiger partial charge < -0.3 is 4.74 Å². The third-order valence-corrected chi connectivity index (χ3v) is 3.10. The molecule has 2 aliphatic rings. The highest BCUT2D eigenvalue weighted by molar-refractivity contribution is 5.20. The Morgan fingerprint density at radius 2 is 2.36 bits per heavy atom. The van der Waals surface area contributed by atoms with E-state index in [0.717, 1.165) is 12.8 Å². The van der Waals surface area contributed by atoms with Gasteiger partial charge in [0.15, 0.2) is 0 Å². The van der Waals surface area contributed by atoms with Crippen molar-refractivity contribution < 1.29 is 4.74 Å². The molecule has 1 heterocycles. The van der Waals surface area contributed by atoms with Crippen molar-refractivity contribution in [1.29, 1.82) is 0 Å². The first-order valence-electron chi connectivity index (χ1n) is 4.48. The summed E-state index contributed by atoms with van der Waals surface area (Å²) in [6.45, 7) is 6.72. The molecule has 1 fully saturated rings. The monoisotopic (exact) mass is 152 g/mol. The number of epoxide rings is 1. The van der Waals surface area contributed by atoms with Gasteiger partial charge in [-0.1, -0.05) is 25.5 Å². The van der Waals surface area contributed by atoms with Crippen LogP contribution in [0, 0.1) is 5.92 Å². The van der Waals surface area contributed by atoms with Crippen LogP contribution in [0.15, 0.2) is 11.6 Å². The Hall–Kier alpha value is -0.300. The highest BCUT2D eigenvalue weighted by Gasteiger charge is 2.58. The SMILES string of the molecule is CC1=CCC2(C(C)C)OC2C1. The Kier molecular flexibility index (Phi) is 1.40. The molecule has 2 unspecified atom stereocenters. The molecule has 0 aromatic heterocycles. The lowest BCUT2D eigenvalue weighted by molar-refractivity contribution is 0.239. The van der Waals surface area contributed by atoms with Gasteiger partial charge in [-0.05, 0) is 25.7 Å². The van der Waals surface area contributed by atoms with Gasteiger partial charge in [0.2, 0.25) is 0 Å². The molecule has 0 aromatic carbocycles. The van der Waals surface area contributed by atoms with Crippen LogP contribution in [0.2, 0.25) is 0 Å². The first kappa shape index (κ1) is 7.35. The number of rotatable bonds is 1. The lowest BCUT2D eigenvalue weighted by atomic mass is 9.82. The Bertz CT molecular complexity index is 205. The van der Waals surface area contributed by atoms with Crippen LogP contribution >= 0.6 is 0 Å². The van der Waals surface area contributed by atoms with Crippen LogP contribution in [-0.2, 0) is 4.74 Å². The number of ether oxygens (including phenoxy) is 1. The van der Waals surface area contributed by atoms with E-state index in [0.29, 0.717) is 12.0 Å². The molecule has 0 amide bonds. The third-order valence-electron chi connectivity index (χ3n) is 3.10. The smallest absolute Gasteiger partial charge is 0.101 e. The highest BCUT2D eigenvalue weighted by atomic mass is 16.6. The second-order valence-corrected chi connectivity index (χ2v) is 4.17. The zero-order valence-corrected chi connectivity index (χ0v) is 7.55. The maximum Gasteiger partial charge on any atom is 0.101 e. The molecule has 0 radical (unpaired) electrons. The summed E-state index contributed by atoms with van der Waals surface area (Å²) in [5, 5.41) is 0. The fourth-order valence-electron chi connectivity index (χ4n) is 2.08.